The van der Waals surface area contributed by atoms with Crippen LogP contribution in [-0.4, -0.2) is 17.1 Å². The summed E-state index contributed by atoms with van der Waals surface area (Å²) in [4.78, 5) is 0. The maximum Gasteiger partial charge on any atom is 0.573 e. The Morgan fingerprint density at radius 2 is 1.68 bits per heavy atom. The number of halogens is 3. The van der Waals surface area contributed by atoms with Crippen LogP contribution in [0.3, 0.4) is 0 Å². The molecule has 1 aromatic rings. The Labute approximate surface area is 111 Å². The average Bonchev–Trinajstić information content (AvgIpc) is 2.16. The number of hydrogen-bond acceptors (Lipinski definition) is 2. The molecule has 1 N–H and O–H groups in total. The number of rotatable bonds is 5. The van der Waals surface area contributed by atoms with Crippen LogP contribution in [0.1, 0.15) is 32.8 Å². The van der Waals surface area contributed by atoms with Gasteiger partial charge in [0.05, 0.1) is 5.60 Å². The number of ether oxygens (including phenoxy) is 1. The van der Waals surface area contributed by atoms with Crippen molar-refractivity contribution in [1.29, 1.82) is 0 Å². The molecule has 108 valence electrons. The largest absolute Gasteiger partial charge is 0.573 e. The topological polar surface area (TPSA) is 29.5 Å². The summed E-state index contributed by atoms with van der Waals surface area (Å²) in [5.74, 6) is 0.0996. The fraction of sp³-hybridized carbons (Fsp3) is 0.571. The highest BCUT2D eigenvalue weighted by Gasteiger charge is 2.31. The second-order valence-corrected chi connectivity index (χ2v) is 5.46. The normalized spacial score (nSPS) is 15.4. The van der Waals surface area contributed by atoms with E-state index in [0.29, 0.717) is 18.8 Å². The number of alkyl halides is 3. The summed E-state index contributed by atoms with van der Waals surface area (Å²) < 4.78 is 39.8. The third kappa shape index (κ3) is 6.47. The highest BCUT2D eigenvalue weighted by Crippen LogP contribution is 2.25. The fourth-order valence-electron chi connectivity index (χ4n) is 2.20. The van der Waals surface area contributed by atoms with Crippen molar-refractivity contribution < 1.29 is 23.0 Å². The van der Waals surface area contributed by atoms with E-state index in [-0.39, 0.29) is 5.75 Å². The van der Waals surface area contributed by atoms with E-state index in [2.05, 4.69) is 4.74 Å². The first-order valence-corrected chi connectivity index (χ1v) is 6.14. The lowest BCUT2D eigenvalue weighted by Crippen LogP contribution is -2.29. The molecule has 2 nitrogen and oxygen atoms in total. The van der Waals surface area contributed by atoms with E-state index >= 15 is 0 Å². The molecule has 0 heterocycles. The molecule has 0 bridgehead atoms. The molecule has 5 heteroatoms. The minimum Gasteiger partial charge on any atom is -0.406 e. The third-order valence-electron chi connectivity index (χ3n) is 2.59. The Morgan fingerprint density at radius 3 is 2.11 bits per heavy atom. The van der Waals surface area contributed by atoms with Gasteiger partial charge in [0, 0.05) is 6.42 Å². The van der Waals surface area contributed by atoms with Crippen LogP contribution >= 0.6 is 0 Å². The maximum atomic E-state index is 12.0. The van der Waals surface area contributed by atoms with Gasteiger partial charge < -0.3 is 9.84 Å². The molecule has 0 saturated carbocycles. The van der Waals surface area contributed by atoms with Crippen LogP contribution < -0.4 is 4.74 Å². The molecular formula is C14H19F3O2. The maximum absolute atomic E-state index is 12.0. The van der Waals surface area contributed by atoms with E-state index in [1.54, 1.807) is 6.92 Å². The monoisotopic (exact) mass is 276 g/mol. The van der Waals surface area contributed by atoms with Gasteiger partial charge >= 0.3 is 6.36 Å². The van der Waals surface area contributed by atoms with E-state index in [1.165, 1.54) is 24.3 Å². The van der Waals surface area contributed by atoms with Crippen molar-refractivity contribution in [2.75, 3.05) is 0 Å². The van der Waals surface area contributed by atoms with Crippen LogP contribution in [0.2, 0.25) is 0 Å². The first kappa shape index (κ1) is 15.8. The second kappa shape index (κ2) is 5.82. The zero-order valence-corrected chi connectivity index (χ0v) is 11.3. The predicted octanol–water partition coefficient (Wildman–Crippen LogP) is 3.92. The summed E-state index contributed by atoms with van der Waals surface area (Å²) in [6, 6.07) is 5.59. The molecule has 19 heavy (non-hydrogen) atoms. The molecule has 0 aliphatic carbocycles. The lowest BCUT2D eigenvalue weighted by Gasteiger charge is -2.25. The van der Waals surface area contributed by atoms with E-state index < -0.39 is 12.0 Å². The Kier molecular flexibility index (Phi) is 4.85. The number of aliphatic hydroxyl groups is 1. The molecule has 0 amide bonds. The van der Waals surface area contributed by atoms with Crippen molar-refractivity contribution >= 4 is 0 Å². The molecule has 1 rings (SSSR count). The van der Waals surface area contributed by atoms with Crippen LogP contribution in [0.4, 0.5) is 13.2 Å². The number of hydrogen-bond donors (Lipinski definition) is 1. The highest BCUT2D eigenvalue weighted by molar-refractivity contribution is 5.28. The van der Waals surface area contributed by atoms with Crippen molar-refractivity contribution in [3.05, 3.63) is 29.8 Å². The van der Waals surface area contributed by atoms with Crippen LogP contribution in [0.15, 0.2) is 24.3 Å². The summed E-state index contributed by atoms with van der Waals surface area (Å²) in [6.45, 7) is 5.75. The zero-order valence-electron chi connectivity index (χ0n) is 11.3. The van der Waals surface area contributed by atoms with Gasteiger partial charge in [-0.15, -0.1) is 13.2 Å². The van der Waals surface area contributed by atoms with Crippen molar-refractivity contribution in [2.45, 2.75) is 45.6 Å². The van der Waals surface area contributed by atoms with Gasteiger partial charge in [-0.2, -0.15) is 0 Å². The Bertz CT molecular complexity index is 394. The molecule has 0 fully saturated rings. The summed E-state index contributed by atoms with van der Waals surface area (Å²) >= 11 is 0. The zero-order chi connectivity index (χ0) is 14.7. The molecule has 0 aliphatic rings. The van der Waals surface area contributed by atoms with Gasteiger partial charge in [0.1, 0.15) is 5.75 Å². The molecule has 1 atom stereocenters. The lowest BCUT2D eigenvalue weighted by atomic mass is 9.88. The van der Waals surface area contributed by atoms with Crippen LogP contribution in [0, 0.1) is 5.92 Å². The van der Waals surface area contributed by atoms with Gasteiger partial charge in [0.2, 0.25) is 0 Å². The first-order valence-electron chi connectivity index (χ1n) is 6.14. The minimum atomic E-state index is -4.68. The second-order valence-electron chi connectivity index (χ2n) is 5.46. The predicted molar refractivity (Wildman–Crippen MR) is 66.9 cm³/mol. The smallest absolute Gasteiger partial charge is 0.406 e. The molecule has 0 aromatic heterocycles. The summed E-state index contributed by atoms with van der Waals surface area (Å²) in [7, 11) is 0. The Morgan fingerprint density at radius 1 is 1.16 bits per heavy atom. The van der Waals surface area contributed by atoms with E-state index in [4.69, 9.17) is 0 Å². The van der Waals surface area contributed by atoms with Crippen molar-refractivity contribution in [3.8, 4) is 5.75 Å². The van der Waals surface area contributed by atoms with Crippen LogP contribution in [0.25, 0.3) is 0 Å². The van der Waals surface area contributed by atoms with Crippen LogP contribution in [0.5, 0.6) is 5.75 Å². The Balaban J connectivity index is 2.67. The van der Waals surface area contributed by atoms with E-state index in [1.807, 2.05) is 13.8 Å². The average molecular weight is 276 g/mol. The first-order chi connectivity index (χ1) is 8.57. The summed E-state index contributed by atoms with van der Waals surface area (Å²) in [5.41, 5.74) is -0.0826. The summed E-state index contributed by atoms with van der Waals surface area (Å²) in [5, 5.41) is 10.2. The van der Waals surface area contributed by atoms with Crippen molar-refractivity contribution in [2.24, 2.45) is 5.92 Å². The van der Waals surface area contributed by atoms with Gasteiger partial charge in [-0.1, -0.05) is 26.0 Å². The standard InChI is InChI=1S/C14H19F3O2/c1-10(2)8-13(3,18)9-11-4-6-12(7-5-11)19-14(15,16)17/h4-7,10,18H,8-9H2,1-3H3. The van der Waals surface area contributed by atoms with Crippen molar-refractivity contribution in [3.63, 3.8) is 0 Å². The summed E-state index contributed by atoms with van der Waals surface area (Å²) in [6.07, 6.45) is -3.64. The van der Waals surface area contributed by atoms with E-state index in [0.717, 1.165) is 5.56 Å². The SMILES string of the molecule is CC(C)CC(C)(O)Cc1ccc(OC(F)(F)F)cc1. The quantitative estimate of drug-likeness (QED) is 0.883. The Hall–Kier alpha value is -1.23. The van der Waals surface area contributed by atoms with Gasteiger partial charge in [0.15, 0.2) is 0 Å². The van der Waals surface area contributed by atoms with E-state index in [9.17, 15) is 18.3 Å². The van der Waals surface area contributed by atoms with Gasteiger partial charge in [-0.3, -0.25) is 0 Å². The molecule has 1 aromatic carbocycles. The molecule has 0 aliphatic heterocycles. The fourth-order valence-corrected chi connectivity index (χ4v) is 2.20. The van der Waals surface area contributed by atoms with Crippen LogP contribution in [-0.2, 0) is 6.42 Å². The molecule has 0 saturated heterocycles. The third-order valence-corrected chi connectivity index (χ3v) is 2.59. The van der Waals surface area contributed by atoms with Gasteiger partial charge in [0.25, 0.3) is 0 Å². The van der Waals surface area contributed by atoms with Gasteiger partial charge in [-0.05, 0) is 37.0 Å². The molecule has 1 unspecified atom stereocenters. The van der Waals surface area contributed by atoms with Crippen molar-refractivity contribution in [1.82, 2.24) is 0 Å². The lowest BCUT2D eigenvalue weighted by molar-refractivity contribution is -0.274. The molecular weight excluding hydrogens is 257 g/mol. The van der Waals surface area contributed by atoms with Gasteiger partial charge in [-0.25, -0.2) is 0 Å². The number of benzene rings is 1. The molecule has 0 spiro atoms. The highest BCUT2D eigenvalue weighted by atomic mass is 19.4. The minimum absolute atomic E-state index is 0.250. The molecule has 0 radical (unpaired) electrons.